The minimum absolute atomic E-state index is 0.438. The van der Waals surface area contributed by atoms with E-state index in [1.807, 2.05) is 17.8 Å². The Morgan fingerprint density at radius 3 is 3.00 bits per heavy atom. The van der Waals surface area contributed by atoms with Crippen LogP contribution in [0.2, 0.25) is 0 Å². The monoisotopic (exact) mass is 227 g/mol. The summed E-state index contributed by atoms with van der Waals surface area (Å²) in [7, 11) is 1.60. The van der Waals surface area contributed by atoms with Crippen molar-refractivity contribution >= 4 is 11.8 Å². The molecule has 15 heavy (non-hydrogen) atoms. The van der Waals surface area contributed by atoms with E-state index in [1.165, 1.54) is 0 Å². The highest BCUT2D eigenvalue weighted by Gasteiger charge is 2.08. The number of aliphatic hydroxyl groups is 1. The Hall–Kier alpha value is -0.740. The molecule has 0 aliphatic heterocycles. The summed E-state index contributed by atoms with van der Waals surface area (Å²) >= 11 is 1.83. The molecule has 1 aromatic heterocycles. The number of aliphatic hydroxyl groups excluding tert-OH is 1. The van der Waals surface area contributed by atoms with Gasteiger partial charge < -0.3 is 9.84 Å². The average Bonchev–Trinajstić information content (AvgIpc) is 2.29. The van der Waals surface area contributed by atoms with Crippen LogP contribution in [0.15, 0.2) is 18.5 Å². The van der Waals surface area contributed by atoms with Gasteiger partial charge >= 0.3 is 0 Å². The summed E-state index contributed by atoms with van der Waals surface area (Å²) in [4.78, 5) is 4.01. The molecule has 0 spiro atoms. The van der Waals surface area contributed by atoms with Crippen LogP contribution in [0.3, 0.4) is 0 Å². The number of pyridine rings is 1. The first kappa shape index (κ1) is 12.3. The highest BCUT2D eigenvalue weighted by Crippen LogP contribution is 2.21. The fraction of sp³-hybridized carbons (Fsp3) is 0.545. The Labute approximate surface area is 94.9 Å². The summed E-state index contributed by atoms with van der Waals surface area (Å²) < 4.78 is 5.05. The molecule has 1 heterocycles. The molecular weight excluding hydrogens is 210 g/mol. The predicted molar refractivity (Wildman–Crippen MR) is 63.4 cm³/mol. The lowest BCUT2D eigenvalue weighted by Crippen LogP contribution is -2.00. The molecule has 1 rings (SSSR count). The lowest BCUT2D eigenvalue weighted by Gasteiger charge is -2.10. The molecule has 0 aliphatic carbocycles. The predicted octanol–water partition coefficient (Wildman–Crippen LogP) is 2.27. The van der Waals surface area contributed by atoms with Crippen molar-refractivity contribution in [1.29, 1.82) is 0 Å². The standard InChI is InChI=1S/C11H17NO2S/c1-3-15-5-4-11(13)9-6-10(14-2)8-12-7-9/h6-8,11,13H,3-5H2,1-2H3. The minimum Gasteiger partial charge on any atom is -0.495 e. The van der Waals surface area contributed by atoms with Crippen molar-refractivity contribution in [3.05, 3.63) is 24.0 Å². The van der Waals surface area contributed by atoms with Gasteiger partial charge in [-0.15, -0.1) is 0 Å². The van der Waals surface area contributed by atoms with Gasteiger partial charge in [0.2, 0.25) is 0 Å². The van der Waals surface area contributed by atoms with Gasteiger partial charge in [0.15, 0.2) is 0 Å². The first-order valence-corrected chi connectivity index (χ1v) is 6.18. The van der Waals surface area contributed by atoms with E-state index in [0.29, 0.717) is 5.75 Å². The van der Waals surface area contributed by atoms with Crippen molar-refractivity contribution in [3.63, 3.8) is 0 Å². The molecule has 0 aliphatic rings. The average molecular weight is 227 g/mol. The zero-order chi connectivity index (χ0) is 11.1. The molecule has 1 aromatic rings. The molecule has 0 saturated heterocycles. The number of hydrogen-bond donors (Lipinski definition) is 1. The molecule has 0 fully saturated rings. The van der Waals surface area contributed by atoms with Gasteiger partial charge in [0.05, 0.1) is 19.4 Å². The van der Waals surface area contributed by atoms with Crippen LogP contribution in [-0.4, -0.2) is 28.7 Å². The summed E-state index contributed by atoms with van der Waals surface area (Å²) in [5, 5.41) is 9.86. The Bertz CT molecular complexity index is 294. The summed E-state index contributed by atoms with van der Waals surface area (Å²) in [5.41, 5.74) is 0.825. The zero-order valence-corrected chi connectivity index (χ0v) is 9.96. The first-order valence-electron chi connectivity index (χ1n) is 5.02. The Morgan fingerprint density at radius 2 is 2.33 bits per heavy atom. The van der Waals surface area contributed by atoms with E-state index in [1.54, 1.807) is 19.5 Å². The van der Waals surface area contributed by atoms with Crippen LogP contribution in [0.4, 0.5) is 0 Å². The second-order valence-corrected chi connectivity index (χ2v) is 4.55. The molecule has 0 aromatic carbocycles. The molecule has 1 atom stereocenters. The van der Waals surface area contributed by atoms with E-state index in [9.17, 15) is 5.11 Å². The molecule has 3 nitrogen and oxygen atoms in total. The molecule has 1 N–H and O–H groups in total. The van der Waals surface area contributed by atoms with Gasteiger partial charge in [-0.2, -0.15) is 11.8 Å². The lowest BCUT2D eigenvalue weighted by molar-refractivity contribution is 0.174. The maximum atomic E-state index is 9.86. The minimum atomic E-state index is -0.438. The SMILES string of the molecule is CCSCCC(O)c1cncc(OC)c1. The van der Waals surface area contributed by atoms with Crippen molar-refractivity contribution in [2.24, 2.45) is 0 Å². The van der Waals surface area contributed by atoms with Crippen LogP contribution in [0, 0.1) is 0 Å². The maximum absolute atomic E-state index is 9.86. The topological polar surface area (TPSA) is 42.4 Å². The number of ether oxygens (including phenoxy) is 1. The van der Waals surface area contributed by atoms with E-state index >= 15 is 0 Å². The van der Waals surface area contributed by atoms with Gasteiger partial charge in [0.1, 0.15) is 5.75 Å². The smallest absolute Gasteiger partial charge is 0.137 e. The van der Waals surface area contributed by atoms with Gasteiger partial charge in [0.25, 0.3) is 0 Å². The van der Waals surface area contributed by atoms with Crippen molar-refractivity contribution in [2.45, 2.75) is 19.4 Å². The summed E-state index contributed by atoms with van der Waals surface area (Å²) in [6.07, 6.45) is 3.64. The molecule has 1 unspecified atom stereocenters. The van der Waals surface area contributed by atoms with Crippen LogP contribution in [0.25, 0.3) is 0 Å². The van der Waals surface area contributed by atoms with E-state index in [4.69, 9.17) is 4.74 Å². The van der Waals surface area contributed by atoms with Gasteiger partial charge in [-0.1, -0.05) is 6.92 Å². The largest absolute Gasteiger partial charge is 0.495 e. The van der Waals surface area contributed by atoms with Crippen LogP contribution < -0.4 is 4.74 Å². The number of aromatic nitrogens is 1. The van der Waals surface area contributed by atoms with Crippen molar-refractivity contribution in [2.75, 3.05) is 18.6 Å². The van der Waals surface area contributed by atoms with E-state index < -0.39 is 6.10 Å². The third kappa shape index (κ3) is 4.10. The normalized spacial score (nSPS) is 12.5. The highest BCUT2D eigenvalue weighted by atomic mass is 32.2. The number of hydrogen-bond acceptors (Lipinski definition) is 4. The number of methoxy groups -OCH3 is 1. The van der Waals surface area contributed by atoms with Crippen molar-refractivity contribution in [1.82, 2.24) is 4.98 Å². The van der Waals surface area contributed by atoms with Gasteiger partial charge in [-0.25, -0.2) is 0 Å². The zero-order valence-electron chi connectivity index (χ0n) is 9.14. The molecule has 0 radical (unpaired) electrons. The Morgan fingerprint density at radius 1 is 1.53 bits per heavy atom. The molecule has 0 bridgehead atoms. The number of rotatable bonds is 6. The van der Waals surface area contributed by atoms with Crippen LogP contribution >= 0.6 is 11.8 Å². The molecular formula is C11H17NO2S. The fourth-order valence-corrected chi connectivity index (χ4v) is 1.91. The molecule has 4 heteroatoms. The van der Waals surface area contributed by atoms with Gasteiger partial charge in [0, 0.05) is 11.8 Å². The summed E-state index contributed by atoms with van der Waals surface area (Å²) in [6, 6.07) is 1.83. The summed E-state index contributed by atoms with van der Waals surface area (Å²) in [5.74, 6) is 2.74. The van der Waals surface area contributed by atoms with Gasteiger partial charge in [-0.3, -0.25) is 4.98 Å². The second kappa shape index (κ2) is 6.69. The second-order valence-electron chi connectivity index (χ2n) is 3.16. The van der Waals surface area contributed by atoms with Crippen LogP contribution in [-0.2, 0) is 0 Å². The van der Waals surface area contributed by atoms with E-state index in [2.05, 4.69) is 11.9 Å². The van der Waals surface area contributed by atoms with Gasteiger partial charge in [-0.05, 0) is 24.0 Å². The van der Waals surface area contributed by atoms with E-state index in [-0.39, 0.29) is 0 Å². The fourth-order valence-electron chi connectivity index (χ4n) is 1.24. The maximum Gasteiger partial charge on any atom is 0.137 e. The number of thioether (sulfide) groups is 1. The number of nitrogens with zero attached hydrogens (tertiary/aromatic N) is 1. The quantitative estimate of drug-likeness (QED) is 0.757. The Kier molecular flexibility index (Phi) is 5.50. The Balaban J connectivity index is 2.52. The van der Waals surface area contributed by atoms with Crippen molar-refractivity contribution in [3.8, 4) is 5.75 Å². The summed E-state index contributed by atoms with van der Waals surface area (Å²) in [6.45, 7) is 2.12. The molecule has 0 saturated carbocycles. The third-order valence-electron chi connectivity index (χ3n) is 2.09. The van der Waals surface area contributed by atoms with Crippen molar-refractivity contribution < 1.29 is 9.84 Å². The molecule has 0 amide bonds. The van der Waals surface area contributed by atoms with Crippen LogP contribution in [0.5, 0.6) is 5.75 Å². The van der Waals surface area contributed by atoms with E-state index in [0.717, 1.165) is 23.5 Å². The highest BCUT2D eigenvalue weighted by molar-refractivity contribution is 7.99. The molecule has 84 valence electrons. The van der Waals surface area contributed by atoms with Crippen LogP contribution in [0.1, 0.15) is 25.0 Å². The third-order valence-corrected chi connectivity index (χ3v) is 3.03. The first-order chi connectivity index (χ1) is 7.27. The lowest BCUT2D eigenvalue weighted by atomic mass is 10.1.